The summed E-state index contributed by atoms with van der Waals surface area (Å²) in [7, 11) is 0. The lowest BCUT2D eigenvalue weighted by atomic mass is 9.87. The van der Waals surface area contributed by atoms with E-state index in [1.165, 1.54) is 10.4 Å². The summed E-state index contributed by atoms with van der Waals surface area (Å²) in [5.74, 6) is 0.341. The maximum absolute atomic E-state index is 12.0. The zero-order valence-corrected chi connectivity index (χ0v) is 12.1. The van der Waals surface area contributed by atoms with Crippen LogP contribution in [0.2, 0.25) is 0 Å². The summed E-state index contributed by atoms with van der Waals surface area (Å²) in [6.07, 6.45) is 4.39. The molecular formula is C12H16INOS. The lowest BCUT2D eigenvalue weighted by Gasteiger charge is -2.21. The molecule has 2 nitrogen and oxygen atoms in total. The van der Waals surface area contributed by atoms with Crippen molar-refractivity contribution in [3.63, 3.8) is 0 Å². The van der Waals surface area contributed by atoms with Crippen molar-refractivity contribution < 1.29 is 4.79 Å². The molecule has 1 atom stereocenters. The molecular weight excluding hydrogens is 333 g/mol. The van der Waals surface area contributed by atoms with Gasteiger partial charge in [-0.3, -0.25) is 4.79 Å². The Morgan fingerprint density at radius 1 is 1.62 bits per heavy atom. The van der Waals surface area contributed by atoms with E-state index in [4.69, 9.17) is 0 Å². The highest BCUT2D eigenvalue weighted by Gasteiger charge is 2.26. The lowest BCUT2D eigenvalue weighted by Crippen LogP contribution is -2.31. The molecule has 0 saturated heterocycles. The van der Waals surface area contributed by atoms with Crippen LogP contribution in [-0.2, 0) is 11.2 Å². The fourth-order valence-corrected chi connectivity index (χ4v) is 3.53. The van der Waals surface area contributed by atoms with Crippen molar-refractivity contribution in [3.8, 4) is 0 Å². The van der Waals surface area contributed by atoms with Gasteiger partial charge >= 0.3 is 0 Å². The molecule has 16 heavy (non-hydrogen) atoms. The first-order valence-electron chi connectivity index (χ1n) is 5.73. The zero-order valence-electron chi connectivity index (χ0n) is 9.17. The van der Waals surface area contributed by atoms with Gasteiger partial charge in [-0.1, -0.05) is 22.6 Å². The standard InChI is InChI=1S/C12H16INOS/c13-6-2-7-14-12(15)10-3-1-4-11-9(10)5-8-16-11/h5,8,10H,1-4,6-7H2,(H,14,15). The quantitative estimate of drug-likeness (QED) is 0.505. The summed E-state index contributed by atoms with van der Waals surface area (Å²) in [4.78, 5) is 13.4. The molecule has 0 radical (unpaired) electrons. The first kappa shape index (κ1) is 12.4. The van der Waals surface area contributed by atoms with Gasteiger partial charge in [-0.25, -0.2) is 0 Å². The summed E-state index contributed by atoms with van der Waals surface area (Å²) < 4.78 is 1.10. The third kappa shape index (κ3) is 2.77. The van der Waals surface area contributed by atoms with Crippen LogP contribution >= 0.6 is 33.9 Å². The number of carbonyl (C=O) groups excluding carboxylic acids is 1. The highest BCUT2D eigenvalue weighted by atomic mass is 127. The van der Waals surface area contributed by atoms with Gasteiger partial charge in [0.25, 0.3) is 0 Å². The van der Waals surface area contributed by atoms with E-state index < -0.39 is 0 Å². The topological polar surface area (TPSA) is 29.1 Å². The van der Waals surface area contributed by atoms with Crippen molar-refractivity contribution >= 4 is 39.8 Å². The third-order valence-electron chi connectivity index (χ3n) is 2.98. The Kier molecular flexibility index (Phi) is 4.64. The normalized spacial score (nSPS) is 19.2. The molecule has 4 heteroatoms. The van der Waals surface area contributed by atoms with E-state index >= 15 is 0 Å². The molecule has 1 N–H and O–H groups in total. The minimum Gasteiger partial charge on any atom is -0.356 e. The van der Waals surface area contributed by atoms with Gasteiger partial charge in [0.1, 0.15) is 0 Å². The van der Waals surface area contributed by atoms with Crippen molar-refractivity contribution in [2.45, 2.75) is 31.6 Å². The fourth-order valence-electron chi connectivity index (χ4n) is 2.16. The molecule has 0 saturated carbocycles. The molecule has 1 unspecified atom stereocenters. The SMILES string of the molecule is O=C(NCCCI)C1CCCc2sccc21. The number of halogens is 1. The summed E-state index contributed by atoms with van der Waals surface area (Å²) in [5.41, 5.74) is 1.28. The monoisotopic (exact) mass is 349 g/mol. The Labute approximate surface area is 114 Å². The minimum absolute atomic E-state index is 0.115. The highest BCUT2D eigenvalue weighted by molar-refractivity contribution is 14.1. The van der Waals surface area contributed by atoms with Gasteiger partial charge in [0.05, 0.1) is 5.92 Å². The molecule has 2 rings (SSSR count). The average Bonchev–Trinajstić information content (AvgIpc) is 2.76. The smallest absolute Gasteiger partial charge is 0.227 e. The summed E-state index contributed by atoms with van der Waals surface area (Å²) >= 11 is 4.13. The van der Waals surface area contributed by atoms with Gasteiger partial charge in [-0.05, 0) is 42.7 Å². The Hall–Kier alpha value is -0.100. The predicted molar refractivity (Wildman–Crippen MR) is 76.5 cm³/mol. The van der Waals surface area contributed by atoms with E-state index in [9.17, 15) is 4.79 Å². The number of amides is 1. The van der Waals surface area contributed by atoms with Crippen LogP contribution in [0.4, 0.5) is 0 Å². The van der Waals surface area contributed by atoms with Gasteiger partial charge in [0.2, 0.25) is 5.91 Å². The number of fused-ring (bicyclic) bond motifs is 1. The van der Waals surface area contributed by atoms with Crippen LogP contribution in [-0.4, -0.2) is 16.9 Å². The fraction of sp³-hybridized carbons (Fsp3) is 0.583. The number of rotatable bonds is 4. The Morgan fingerprint density at radius 2 is 2.50 bits per heavy atom. The van der Waals surface area contributed by atoms with E-state index in [0.29, 0.717) is 0 Å². The van der Waals surface area contributed by atoms with Crippen LogP contribution in [0.25, 0.3) is 0 Å². The minimum atomic E-state index is 0.115. The van der Waals surface area contributed by atoms with Crippen LogP contribution in [0.5, 0.6) is 0 Å². The van der Waals surface area contributed by atoms with E-state index in [-0.39, 0.29) is 11.8 Å². The summed E-state index contributed by atoms with van der Waals surface area (Å²) in [5, 5.41) is 5.16. The first-order valence-corrected chi connectivity index (χ1v) is 8.13. The van der Waals surface area contributed by atoms with Crippen LogP contribution in [0.15, 0.2) is 11.4 Å². The molecule has 0 fully saturated rings. The Morgan fingerprint density at radius 3 is 3.31 bits per heavy atom. The zero-order chi connectivity index (χ0) is 11.4. The van der Waals surface area contributed by atoms with Crippen molar-refractivity contribution in [3.05, 3.63) is 21.9 Å². The number of alkyl halides is 1. The molecule has 1 aromatic heterocycles. The average molecular weight is 349 g/mol. The van der Waals surface area contributed by atoms with Crippen molar-refractivity contribution in [1.29, 1.82) is 0 Å². The summed E-state index contributed by atoms with van der Waals surface area (Å²) in [6.45, 7) is 0.817. The summed E-state index contributed by atoms with van der Waals surface area (Å²) in [6, 6.07) is 2.13. The van der Waals surface area contributed by atoms with Crippen molar-refractivity contribution in [2.75, 3.05) is 11.0 Å². The maximum atomic E-state index is 12.0. The van der Waals surface area contributed by atoms with Gasteiger partial charge in [-0.2, -0.15) is 0 Å². The molecule has 0 aliphatic heterocycles. The number of hydrogen-bond acceptors (Lipinski definition) is 2. The van der Waals surface area contributed by atoms with E-state index in [1.54, 1.807) is 11.3 Å². The molecule has 1 amide bonds. The molecule has 0 bridgehead atoms. The number of thiophene rings is 1. The molecule has 88 valence electrons. The molecule has 1 aliphatic carbocycles. The van der Waals surface area contributed by atoms with Gasteiger partial charge < -0.3 is 5.32 Å². The van der Waals surface area contributed by atoms with Crippen molar-refractivity contribution in [1.82, 2.24) is 5.32 Å². The second-order valence-electron chi connectivity index (χ2n) is 4.08. The van der Waals surface area contributed by atoms with Gasteiger partial charge in [0, 0.05) is 15.8 Å². The lowest BCUT2D eigenvalue weighted by molar-refractivity contribution is -0.122. The van der Waals surface area contributed by atoms with Crippen LogP contribution in [0, 0.1) is 0 Å². The van der Waals surface area contributed by atoms with E-state index in [1.807, 2.05) is 0 Å². The van der Waals surface area contributed by atoms with Crippen LogP contribution < -0.4 is 5.32 Å². The number of carbonyl (C=O) groups is 1. The molecule has 1 heterocycles. The van der Waals surface area contributed by atoms with Crippen molar-refractivity contribution in [2.24, 2.45) is 0 Å². The Balaban J connectivity index is 1.98. The van der Waals surface area contributed by atoms with E-state index in [2.05, 4.69) is 39.4 Å². The van der Waals surface area contributed by atoms with Crippen LogP contribution in [0.3, 0.4) is 0 Å². The van der Waals surface area contributed by atoms with Crippen LogP contribution in [0.1, 0.15) is 35.6 Å². The first-order chi connectivity index (χ1) is 7.83. The number of aryl methyl sites for hydroxylation is 1. The molecule has 0 spiro atoms. The highest BCUT2D eigenvalue weighted by Crippen LogP contribution is 2.34. The predicted octanol–water partition coefficient (Wildman–Crippen LogP) is 3.11. The second kappa shape index (κ2) is 6.00. The van der Waals surface area contributed by atoms with E-state index in [0.717, 1.165) is 36.7 Å². The molecule has 0 aromatic carbocycles. The number of nitrogens with one attached hydrogen (secondary N) is 1. The molecule has 1 aliphatic rings. The largest absolute Gasteiger partial charge is 0.356 e. The molecule has 1 aromatic rings. The maximum Gasteiger partial charge on any atom is 0.227 e. The Bertz CT molecular complexity index is 364. The van der Waals surface area contributed by atoms with Gasteiger partial charge in [-0.15, -0.1) is 11.3 Å². The van der Waals surface area contributed by atoms with Gasteiger partial charge in [0.15, 0.2) is 0 Å². The number of hydrogen-bond donors (Lipinski definition) is 1. The third-order valence-corrected chi connectivity index (χ3v) is 4.74. The second-order valence-corrected chi connectivity index (χ2v) is 6.16.